The van der Waals surface area contributed by atoms with Crippen molar-refractivity contribution in [1.82, 2.24) is 19.7 Å². The highest BCUT2D eigenvalue weighted by molar-refractivity contribution is 5.65. The highest BCUT2D eigenvalue weighted by Gasteiger charge is 2.33. The molecule has 2 fully saturated rings. The Morgan fingerprint density at radius 2 is 1.97 bits per heavy atom. The normalized spacial score (nSPS) is 20.6. The predicted molar refractivity (Wildman–Crippen MR) is 101 cm³/mol. The number of phenolic OH excluding ortho intramolecular Hbond substituents is 1. The number of alkyl halides is 3. The molecule has 1 aromatic heterocycles. The maximum Gasteiger partial charge on any atom is 0.416 e. The van der Waals surface area contributed by atoms with Gasteiger partial charge in [0.15, 0.2) is 5.82 Å². The molecule has 0 spiro atoms. The highest BCUT2D eigenvalue weighted by Crippen LogP contribution is 2.35. The second kappa shape index (κ2) is 7.33. The molecule has 1 saturated carbocycles. The van der Waals surface area contributed by atoms with E-state index in [4.69, 9.17) is 0 Å². The molecule has 10 heteroatoms. The summed E-state index contributed by atoms with van der Waals surface area (Å²) in [6.45, 7) is 1.91. The number of nitrogens with zero attached hydrogens (tertiary/aromatic N) is 4. The van der Waals surface area contributed by atoms with Crippen molar-refractivity contribution in [2.45, 2.75) is 43.9 Å². The Labute approximate surface area is 165 Å². The van der Waals surface area contributed by atoms with E-state index in [1.807, 2.05) is 0 Å². The van der Waals surface area contributed by atoms with Gasteiger partial charge in [-0.2, -0.15) is 13.2 Å². The van der Waals surface area contributed by atoms with Crippen molar-refractivity contribution in [2.24, 2.45) is 7.05 Å². The van der Waals surface area contributed by atoms with Crippen LogP contribution in [-0.2, 0) is 13.2 Å². The van der Waals surface area contributed by atoms with Crippen LogP contribution >= 0.6 is 0 Å². The van der Waals surface area contributed by atoms with Crippen LogP contribution in [0.4, 0.5) is 19.0 Å². The maximum atomic E-state index is 12.8. The summed E-state index contributed by atoms with van der Waals surface area (Å²) in [5.74, 6) is -0.516. The van der Waals surface area contributed by atoms with Crippen molar-refractivity contribution in [3.8, 4) is 17.1 Å². The van der Waals surface area contributed by atoms with Crippen LogP contribution in [0, 0.1) is 0 Å². The number of aromatic nitrogens is 3. The number of nitrogens with one attached hydrogen (secondary N) is 1. The van der Waals surface area contributed by atoms with Gasteiger partial charge in [0, 0.05) is 25.7 Å². The van der Waals surface area contributed by atoms with Crippen LogP contribution in [0.15, 0.2) is 23.0 Å². The fourth-order valence-electron chi connectivity index (χ4n) is 3.77. The number of likely N-dealkylation sites (tertiary alicyclic amines) is 1. The lowest BCUT2D eigenvalue weighted by molar-refractivity contribution is -0.137. The van der Waals surface area contributed by atoms with Gasteiger partial charge in [0.2, 0.25) is 5.82 Å². The molecule has 1 atom stereocenters. The molecule has 1 aromatic carbocycles. The number of anilines is 1. The average Bonchev–Trinajstić information content (AvgIpc) is 3.51. The summed E-state index contributed by atoms with van der Waals surface area (Å²) >= 11 is 0. The summed E-state index contributed by atoms with van der Waals surface area (Å²) in [5.41, 5.74) is -1.42. The maximum absolute atomic E-state index is 12.8. The number of rotatable bonds is 4. The van der Waals surface area contributed by atoms with Crippen molar-refractivity contribution in [1.29, 1.82) is 0 Å². The molecule has 1 aliphatic carbocycles. The van der Waals surface area contributed by atoms with Crippen molar-refractivity contribution < 1.29 is 18.3 Å². The van der Waals surface area contributed by atoms with Gasteiger partial charge >= 0.3 is 6.18 Å². The third-order valence-corrected chi connectivity index (χ3v) is 5.49. The minimum Gasteiger partial charge on any atom is -0.507 e. The number of halogens is 3. The minimum atomic E-state index is -4.57. The minimum absolute atomic E-state index is 0.00461. The Kier molecular flexibility index (Phi) is 4.97. The number of hydrogen-bond donors (Lipinski definition) is 2. The number of phenols is 1. The summed E-state index contributed by atoms with van der Waals surface area (Å²) in [7, 11) is 1.45. The molecule has 1 aliphatic heterocycles. The van der Waals surface area contributed by atoms with Crippen LogP contribution in [0.5, 0.6) is 5.75 Å². The highest BCUT2D eigenvalue weighted by atomic mass is 19.4. The van der Waals surface area contributed by atoms with Gasteiger partial charge in [-0.05, 0) is 50.4 Å². The Morgan fingerprint density at radius 3 is 2.62 bits per heavy atom. The number of piperidine rings is 1. The molecule has 0 amide bonds. The number of benzene rings is 1. The van der Waals surface area contributed by atoms with Crippen LogP contribution in [-0.4, -0.2) is 49.9 Å². The molecule has 29 heavy (non-hydrogen) atoms. The first-order chi connectivity index (χ1) is 13.7. The van der Waals surface area contributed by atoms with Gasteiger partial charge in [0.1, 0.15) is 5.75 Å². The summed E-state index contributed by atoms with van der Waals surface area (Å²) in [5, 5.41) is 21.2. The fourth-order valence-corrected chi connectivity index (χ4v) is 3.77. The van der Waals surface area contributed by atoms with Crippen LogP contribution in [0.2, 0.25) is 0 Å². The molecule has 156 valence electrons. The van der Waals surface area contributed by atoms with Gasteiger partial charge in [0.25, 0.3) is 5.56 Å². The van der Waals surface area contributed by atoms with Crippen molar-refractivity contribution in [2.75, 3.05) is 18.4 Å². The summed E-state index contributed by atoms with van der Waals surface area (Å²) in [6, 6.07) is 3.28. The zero-order valence-corrected chi connectivity index (χ0v) is 15.9. The lowest BCUT2D eigenvalue weighted by Gasteiger charge is -2.33. The quantitative estimate of drug-likeness (QED) is 0.808. The van der Waals surface area contributed by atoms with Crippen molar-refractivity contribution >= 4 is 5.82 Å². The van der Waals surface area contributed by atoms with Gasteiger partial charge in [-0.1, -0.05) is 0 Å². The monoisotopic (exact) mass is 409 g/mol. The lowest BCUT2D eigenvalue weighted by atomic mass is 10.1. The smallest absolute Gasteiger partial charge is 0.416 e. The Hall–Kier alpha value is -2.62. The largest absolute Gasteiger partial charge is 0.507 e. The third-order valence-electron chi connectivity index (χ3n) is 5.49. The first kappa shape index (κ1) is 19.7. The molecule has 2 heterocycles. The van der Waals surface area contributed by atoms with E-state index < -0.39 is 23.0 Å². The molecule has 0 radical (unpaired) electrons. The summed E-state index contributed by atoms with van der Waals surface area (Å²) in [4.78, 5) is 15.1. The van der Waals surface area contributed by atoms with Crippen molar-refractivity contribution in [3.05, 3.63) is 34.1 Å². The van der Waals surface area contributed by atoms with Gasteiger partial charge in [-0.3, -0.25) is 14.3 Å². The van der Waals surface area contributed by atoms with Gasteiger partial charge < -0.3 is 10.4 Å². The molecule has 1 saturated heterocycles. The van der Waals surface area contributed by atoms with Crippen LogP contribution in [0.1, 0.15) is 31.2 Å². The lowest BCUT2D eigenvalue weighted by Crippen LogP contribution is -2.44. The molecular weight excluding hydrogens is 387 g/mol. The van der Waals surface area contributed by atoms with Crippen LogP contribution < -0.4 is 10.9 Å². The first-order valence-electron chi connectivity index (χ1n) is 9.59. The standard InChI is InChI=1S/C19H22F3N5O2/c1-26-17(14-7-4-11(9-15(14)28)19(20,21)22)25-24-16(18(26)29)23-12-3-2-8-27(10-12)13-5-6-13/h4,7,9,12-13,28H,2-3,5-6,8,10H2,1H3,(H,23,24). The molecule has 1 unspecified atom stereocenters. The zero-order chi connectivity index (χ0) is 20.8. The molecule has 0 bridgehead atoms. The van der Waals surface area contributed by atoms with E-state index in [9.17, 15) is 23.1 Å². The van der Waals surface area contributed by atoms with E-state index in [1.54, 1.807) is 0 Å². The Morgan fingerprint density at radius 1 is 1.21 bits per heavy atom. The number of aromatic hydroxyl groups is 1. The topological polar surface area (TPSA) is 83.3 Å². The van der Waals surface area contributed by atoms with Gasteiger partial charge in [-0.25, -0.2) is 0 Å². The van der Waals surface area contributed by atoms with E-state index in [0.717, 1.165) is 38.1 Å². The van der Waals surface area contributed by atoms with E-state index in [1.165, 1.54) is 24.5 Å². The molecule has 2 aliphatic rings. The van der Waals surface area contributed by atoms with Gasteiger partial charge in [-0.15, -0.1) is 10.2 Å². The van der Waals surface area contributed by atoms with E-state index in [-0.39, 0.29) is 23.2 Å². The van der Waals surface area contributed by atoms with Crippen LogP contribution in [0.25, 0.3) is 11.4 Å². The fraction of sp³-hybridized carbons (Fsp3) is 0.526. The van der Waals surface area contributed by atoms with E-state index in [2.05, 4.69) is 20.4 Å². The van der Waals surface area contributed by atoms with E-state index in [0.29, 0.717) is 12.1 Å². The average molecular weight is 409 g/mol. The summed E-state index contributed by atoms with van der Waals surface area (Å²) in [6.07, 6.45) is -0.163. The molecule has 4 rings (SSSR count). The predicted octanol–water partition coefficient (Wildman–Crippen LogP) is 2.61. The molecular formula is C19H22F3N5O2. The zero-order valence-electron chi connectivity index (χ0n) is 15.9. The number of hydrogen-bond acceptors (Lipinski definition) is 6. The molecule has 2 aromatic rings. The molecule has 2 N–H and O–H groups in total. The van der Waals surface area contributed by atoms with E-state index >= 15 is 0 Å². The second-order valence-corrected chi connectivity index (χ2v) is 7.68. The van der Waals surface area contributed by atoms with Crippen LogP contribution in [0.3, 0.4) is 0 Å². The van der Waals surface area contributed by atoms with Gasteiger partial charge in [0.05, 0.1) is 11.1 Å². The Balaban J connectivity index is 1.57. The third kappa shape index (κ3) is 4.07. The summed E-state index contributed by atoms with van der Waals surface area (Å²) < 4.78 is 39.6. The SMILES string of the molecule is Cn1c(-c2ccc(C(F)(F)F)cc2O)nnc(NC2CCCN(C3CC3)C2)c1=O. The molecule has 7 nitrogen and oxygen atoms in total. The second-order valence-electron chi connectivity index (χ2n) is 7.68. The first-order valence-corrected chi connectivity index (χ1v) is 9.59. The van der Waals surface area contributed by atoms with Crippen molar-refractivity contribution in [3.63, 3.8) is 0 Å². The Bertz CT molecular complexity index is 971.